The van der Waals surface area contributed by atoms with Crippen LogP contribution in [0.15, 0.2) is 47.4 Å². The Morgan fingerprint density at radius 1 is 1.32 bits per heavy atom. The van der Waals surface area contributed by atoms with Gasteiger partial charge in [-0.3, -0.25) is 4.79 Å². The minimum absolute atomic E-state index is 0. The Kier molecular flexibility index (Phi) is 7.02. The van der Waals surface area contributed by atoms with Gasteiger partial charge in [-0.15, -0.1) is 24.2 Å². The zero-order valence-corrected chi connectivity index (χ0v) is 15.8. The molecule has 3 rings (SSSR count). The van der Waals surface area contributed by atoms with E-state index in [0.717, 1.165) is 35.6 Å². The van der Waals surface area contributed by atoms with Gasteiger partial charge in [0, 0.05) is 10.6 Å². The van der Waals surface area contributed by atoms with E-state index in [9.17, 15) is 4.79 Å². The maximum atomic E-state index is 12.3. The number of anilines is 1. The van der Waals surface area contributed by atoms with Crippen molar-refractivity contribution in [1.29, 1.82) is 0 Å². The highest BCUT2D eigenvalue weighted by atomic mass is 35.5. The number of thioether (sulfide) groups is 1. The molecule has 1 atom stereocenters. The van der Waals surface area contributed by atoms with Gasteiger partial charge in [0.1, 0.15) is 5.75 Å². The van der Waals surface area contributed by atoms with Gasteiger partial charge in [-0.2, -0.15) is 0 Å². The van der Waals surface area contributed by atoms with Crippen molar-refractivity contribution in [3.63, 3.8) is 0 Å². The molecule has 2 aromatic carbocycles. The van der Waals surface area contributed by atoms with Crippen molar-refractivity contribution < 1.29 is 9.53 Å². The Bertz CT molecular complexity index is 739. The van der Waals surface area contributed by atoms with Gasteiger partial charge in [-0.1, -0.05) is 12.1 Å². The number of ether oxygens (including phenoxy) is 1. The molecule has 1 aliphatic carbocycles. The SMILES string of the molecule is COc1cccc(SCC(=O)NC2CCCc3cc(N)ccc32)c1.Cl. The number of amides is 1. The monoisotopic (exact) mass is 378 g/mol. The molecule has 3 N–H and O–H groups in total. The van der Waals surface area contributed by atoms with E-state index in [1.54, 1.807) is 7.11 Å². The first-order chi connectivity index (χ1) is 11.7. The zero-order valence-electron chi connectivity index (χ0n) is 14.2. The number of methoxy groups -OCH3 is 1. The summed E-state index contributed by atoms with van der Waals surface area (Å²) < 4.78 is 5.21. The van der Waals surface area contributed by atoms with Gasteiger partial charge in [0.2, 0.25) is 5.91 Å². The summed E-state index contributed by atoms with van der Waals surface area (Å²) in [6.07, 6.45) is 3.09. The third-order valence-corrected chi connectivity index (χ3v) is 5.22. The number of carbonyl (C=O) groups excluding carboxylic acids is 1. The Labute approximate surface area is 158 Å². The smallest absolute Gasteiger partial charge is 0.230 e. The number of benzene rings is 2. The molecule has 6 heteroatoms. The Morgan fingerprint density at radius 3 is 2.96 bits per heavy atom. The molecule has 0 aromatic heterocycles. The van der Waals surface area contributed by atoms with Crippen LogP contribution in [0.2, 0.25) is 0 Å². The lowest BCUT2D eigenvalue weighted by atomic mass is 9.87. The molecule has 1 aliphatic rings. The minimum atomic E-state index is 0. The van der Waals surface area contributed by atoms with Gasteiger partial charge in [0.05, 0.1) is 18.9 Å². The molecule has 0 saturated heterocycles. The first-order valence-corrected chi connectivity index (χ1v) is 9.09. The summed E-state index contributed by atoms with van der Waals surface area (Å²) in [6, 6.07) is 13.8. The summed E-state index contributed by atoms with van der Waals surface area (Å²) in [5, 5.41) is 3.16. The normalized spacial score (nSPS) is 15.6. The first-order valence-electron chi connectivity index (χ1n) is 8.10. The van der Waals surface area contributed by atoms with E-state index in [1.165, 1.54) is 22.9 Å². The second-order valence-corrected chi connectivity index (χ2v) is 6.99. The maximum absolute atomic E-state index is 12.3. The van der Waals surface area contributed by atoms with E-state index in [4.69, 9.17) is 10.5 Å². The number of hydrogen-bond donors (Lipinski definition) is 2. The summed E-state index contributed by atoms with van der Waals surface area (Å²) in [4.78, 5) is 13.4. The van der Waals surface area contributed by atoms with Gasteiger partial charge in [0.15, 0.2) is 0 Å². The third kappa shape index (κ3) is 5.06. The van der Waals surface area contributed by atoms with Crippen LogP contribution in [-0.4, -0.2) is 18.8 Å². The van der Waals surface area contributed by atoms with Crippen molar-refractivity contribution in [1.82, 2.24) is 5.32 Å². The summed E-state index contributed by atoms with van der Waals surface area (Å²) in [5.41, 5.74) is 9.11. The van der Waals surface area contributed by atoms with Crippen LogP contribution in [-0.2, 0) is 11.2 Å². The molecule has 0 saturated carbocycles. The highest BCUT2D eigenvalue weighted by molar-refractivity contribution is 8.00. The van der Waals surface area contributed by atoms with E-state index >= 15 is 0 Å². The molecule has 134 valence electrons. The minimum Gasteiger partial charge on any atom is -0.497 e. The van der Waals surface area contributed by atoms with E-state index in [1.807, 2.05) is 42.5 Å². The summed E-state index contributed by atoms with van der Waals surface area (Å²) in [7, 11) is 1.64. The summed E-state index contributed by atoms with van der Waals surface area (Å²) in [5.74, 6) is 1.25. The number of nitrogen functional groups attached to an aromatic ring is 1. The molecular weight excluding hydrogens is 356 g/mol. The predicted molar refractivity (Wildman–Crippen MR) is 106 cm³/mol. The van der Waals surface area contributed by atoms with Gasteiger partial charge in [0.25, 0.3) is 0 Å². The molecule has 0 radical (unpaired) electrons. The number of fused-ring (bicyclic) bond motifs is 1. The van der Waals surface area contributed by atoms with Crippen LogP contribution in [0.1, 0.15) is 30.0 Å². The first kappa shape index (κ1) is 19.5. The molecular formula is C19H23ClN2O2S. The average molecular weight is 379 g/mol. The molecule has 0 aliphatic heterocycles. The highest BCUT2D eigenvalue weighted by Crippen LogP contribution is 2.31. The van der Waals surface area contributed by atoms with E-state index in [0.29, 0.717) is 5.75 Å². The fourth-order valence-corrected chi connectivity index (χ4v) is 3.82. The predicted octanol–water partition coefficient (Wildman–Crippen LogP) is 3.99. The van der Waals surface area contributed by atoms with Crippen molar-refractivity contribution in [3.8, 4) is 5.75 Å². The Balaban J connectivity index is 0.00000225. The van der Waals surface area contributed by atoms with Gasteiger partial charge >= 0.3 is 0 Å². The largest absolute Gasteiger partial charge is 0.497 e. The topological polar surface area (TPSA) is 64.3 Å². The van der Waals surface area contributed by atoms with Crippen molar-refractivity contribution in [3.05, 3.63) is 53.6 Å². The molecule has 1 unspecified atom stereocenters. The summed E-state index contributed by atoms with van der Waals surface area (Å²) in [6.45, 7) is 0. The van der Waals surface area contributed by atoms with Crippen molar-refractivity contribution >= 4 is 35.8 Å². The van der Waals surface area contributed by atoms with Crippen LogP contribution in [0.4, 0.5) is 5.69 Å². The number of halogens is 1. The maximum Gasteiger partial charge on any atom is 0.230 e. The molecule has 2 aromatic rings. The number of rotatable bonds is 5. The third-order valence-electron chi connectivity index (χ3n) is 4.23. The number of carbonyl (C=O) groups is 1. The number of aryl methyl sites for hydroxylation is 1. The number of nitrogens with two attached hydrogens (primary N) is 1. The van der Waals surface area contributed by atoms with Crippen molar-refractivity contribution in [2.24, 2.45) is 0 Å². The number of hydrogen-bond acceptors (Lipinski definition) is 4. The van der Waals surface area contributed by atoms with E-state index < -0.39 is 0 Å². The quantitative estimate of drug-likeness (QED) is 0.610. The molecule has 0 bridgehead atoms. The van der Waals surface area contributed by atoms with Crippen LogP contribution in [0.5, 0.6) is 5.75 Å². The van der Waals surface area contributed by atoms with Crippen molar-refractivity contribution in [2.75, 3.05) is 18.6 Å². The lowest BCUT2D eigenvalue weighted by molar-refractivity contribution is -0.119. The molecule has 0 fully saturated rings. The van der Waals surface area contributed by atoms with Crippen LogP contribution in [0.25, 0.3) is 0 Å². The van der Waals surface area contributed by atoms with Crippen LogP contribution in [0.3, 0.4) is 0 Å². The second-order valence-electron chi connectivity index (χ2n) is 5.94. The lowest BCUT2D eigenvalue weighted by Gasteiger charge is -2.26. The fraction of sp³-hybridized carbons (Fsp3) is 0.316. The average Bonchev–Trinajstić information content (AvgIpc) is 2.60. The zero-order chi connectivity index (χ0) is 16.9. The molecule has 25 heavy (non-hydrogen) atoms. The standard InChI is InChI=1S/C19H22N2O2S.ClH/c1-23-15-5-3-6-16(11-15)24-12-19(22)21-18-7-2-4-13-10-14(20)8-9-17(13)18;/h3,5-6,8-11,18H,2,4,7,12,20H2,1H3,(H,21,22);1H. The molecule has 0 heterocycles. The van der Waals surface area contributed by atoms with E-state index in [2.05, 4.69) is 5.32 Å². The number of nitrogens with one attached hydrogen (secondary N) is 1. The second kappa shape index (κ2) is 9.02. The molecule has 4 nitrogen and oxygen atoms in total. The lowest BCUT2D eigenvalue weighted by Crippen LogP contribution is -2.32. The Hall–Kier alpha value is -1.85. The Morgan fingerprint density at radius 2 is 2.16 bits per heavy atom. The molecule has 0 spiro atoms. The summed E-state index contributed by atoms with van der Waals surface area (Å²) >= 11 is 1.52. The van der Waals surface area contributed by atoms with Crippen LogP contribution >= 0.6 is 24.2 Å². The van der Waals surface area contributed by atoms with Crippen LogP contribution < -0.4 is 15.8 Å². The van der Waals surface area contributed by atoms with Gasteiger partial charge in [-0.25, -0.2) is 0 Å². The van der Waals surface area contributed by atoms with E-state index in [-0.39, 0.29) is 24.4 Å². The highest BCUT2D eigenvalue weighted by Gasteiger charge is 2.21. The van der Waals surface area contributed by atoms with Crippen molar-refractivity contribution in [2.45, 2.75) is 30.2 Å². The van der Waals surface area contributed by atoms with Gasteiger partial charge in [-0.05, 0) is 60.7 Å². The van der Waals surface area contributed by atoms with Gasteiger partial charge < -0.3 is 15.8 Å². The fourth-order valence-electron chi connectivity index (χ4n) is 3.06. The van der Waals surface area contributed by atoms with Crippen LogP contribution in [0, 0.1) is 0 Å². The molecule has 1 amide bonds.